The summed E-state index contributed by atoms with van der Waals surface area (Å²) in [5, 5.41) is 4.21. The van der Waals surface area contributed by atoms with Crippen LogP contribution in [-0.2, 0) is 6.42 Å². The normalized spacial score (nSPS) is 18.3. The van der Waals surface area contributed by atoms with Crippen LogP contribution in [0.1, 0.15) is 19.4 Å². The fourth-order valence-electron chi connectivity index (χ4n) is 2.71. The lowest BCUT2D eigenvalue weighted by Crippen LogP contribution is -2.49. The van der Waals surface area contributed by atoms with Crippen LogP contribution in [0.3, 0.4) is 0 Å². The van der Waals surface area contributed by atoms with Gasteiger partial charge in [0, 0.05) is 37.7 Å². The zero-order valence-corrected chi connectivity index (χ0v) is 18.3. The van der Waals surface area contributed by atoms with Gasteiger partial charge >= 0.3 is 0 Å². The molecular weight excluding hydrogens is 433 g/mol. The molecule has 0 amide bonds. The van der Waals surface area contributed by atoms with Gasteiger partial charge in [-0.1, -0.05) is 26.0 Å². The predicted molar refractivity (Wildman–Crippen MR) is 116 cm³/mol. The lowest BCUT2D eigenvalue weighted by molar-refractivity contribution is 0.381. The van der Waals surface area contributed by atoms with E-state index in [0.29, 0.717) is 11.2 Å². The van der Waals surface area contributed by atoms with Crippen LogP contribution < -0.4 is 10.1 Å². The molecule has 0 aliphatic carbocycles. The molecule has 1 fully saturated rings. The maximum atomic E-state index is 5.19. The molecule has 1 N–H and O–H groups in total. The van der Waals surface area contributed by atoms with Crippen molar-refractivity contribution in [2.24, 2.45) is 10.9 Å². The van der Waals surface area contributed by atoms with Crippen molar-refractivity contribution in [2.75, 3.05) is 39.5 Å². The molecule has 2 rings (SSSR count). The van der Waals surface area contributed by atoms with Crippen LogP contribution in [0, 0.1) is 5.92 Å². The minimum Gasteiger partial charge on any atom is -0.497 e. The van der Waals surface area contributed by atoms with Crippen molar-refractivity contribution in [2.45, 2.75) is 25.5 Å². The van der Waals surface area contributed by atoms with Crippen molar-refractivity contribution in [1.29, 1.82) is 0 Å². The summed E-state index contributed by atoms with van der Waals surface area (Å²) in [5.74, 6) is 3.83. The molecule has 0 saturated carbocycles. The first-order valence-electron chi connectivity index (χ1n) is 8.34. The lowest BCUT2D eigenvalue weighted by Gasteiger charge is -2.36. The molecule has 1 aromatic carbocycles. The van der Waals surface area contributed by atoms with Crippen LogP contribution in [0.15, 0.2) is 29.3 Å². The Bertz CT molecular complexity index is 507. The van der Waals surface area contributed by atoms with E-state index in [1.54, 1.807) is 7.11 Å². The highest BCUT2D eigenvalue weighted by Gasteiger charge is 2.24. The lowest BCUT2D eigenvalue weighted by atomic mass is 10.1. The maximum Gasteiger partial charge on any atom is 0.193 e. The Morgan fingerprint density at radius 3 is 2.67 bits per heavy atom. The molecule has 1 aliphatic heterocycles. The number of ether oxygens (including phenoxy) is 1. The number of nitrogens with zero attached hydrogens (tertiary/aromatic N) is 2. The monoisotopic (exact) mass is 463 g/mol. The molecular formula is C18H30IN3OS. The number of hydrogen-bond donors (Lipinski definition) is 1. The second-order valence-corrected chi connectivity index (χ2v) is 7.52. The van der Waals surface area contributed by atoms with Gasteiger partial charge in [-0.05, 0) is 30.0 Å². The van der Waals surface area contributed by atoms with Crippen LogP contribution in [0.25, 0.3) is 0 Å². The summed E-state index contributed by atoms with van der Waals surface area (Å²) in [6, 6.07) is 8.27. The Morgan fingerprint density at radius 1 is 1.38 bits per heavy atom. The minimum atomic E-state index is 0. The second kappa shape index (κ2) is 11.1. The van der Waals surface area contributed by atoms with E-state index in [1.807, 2.05) is 19.2 Å². The van der Waals surface area contributed by atoms with Crippen molar-refractivity contribution in [3.63, 3.8) is 0 Å². The Kier molecular flexibility index (Phi) is 9.88. The molecule has 0 aromatic heterocycles. The molecule has 136 valence electrons. The fraction of sp³-hybridized carbons (Fsp3) is 0.611. The molecule has 6 heteroatoms. The molecule has 1 atom stereocenters. The molecule has 1 aliphatic rings. The third-order valence-electron chi connectivity index (χ3n) is 4.20. The van der Waals surface area contributed by atoms with E-state index in [-0.39, 0.29) is 24.0 Å². The summed E-state index contributed by atoms with van der Waals surface area (Å²) < 4.78 is 5.19. The molecule has 1 heterocycles. The maximum absolute atomic E-state index is 5.19. The van der Waals surface area contributed by atoms with E-state index < -0.39 is 0 Å². The molecule has 0 bridgehead atoms. The highest BCUT2D eigenvalue weighted by atomic mass is 127. The minimum absolute atomic E-state index is 0. The number of thioether (sulfide) groups is 1. The van der Waals surface area contributed by atoms with Gasteiger partial charge in [0.25, 0.3) is 0 Å². The SMILES string of the molecule is CN=C(NCCc1ccc(OC)cc1)N1CCSC(C(C)C)C1.I. The summed E-state index contributed by atoms with van der Waals surface area (Å²) in [6.07, 6.45) is 0.985. The van der Waals surface area contributed by atoms with Gasteiger partial charge < -0.3 is 15.0 Å². The topological polar surface area (TPSA) is 36.9 Å². The van der Waals surface area contributed by atoms with Crippen LogP contribution in [0.4, 0.5) is 0 Å². The Labute approximate surface area is 167 Å². The number of hydrogen-bond acceptors (Lipinski definition) is 3. The van der Waals surface area contributed by atoms with Gasteiger partial charge in [-0.2, -0.15) is 11.8 Å². The second-order valence-electron chi connectivity index (χ2n) is 6.17. The van der Waals surface area contributed by atoms with Crippen molar-refractivity contribution in [3.05, 3.63) is 29.8 Å². The number of methoxy groups -OCH3 is 1. The highest BCUT2D eigenvalue weighted by Crippen LogP contribution is 2.24. The van der Waals surface area contributed by atoms with Gasteiger partial charge in [0.05, 0.1) is 7.11 Å². The predicted octanol–water partition coefficient (Wildman–Crippen LogP) is 3.50. The third kappa shape index (κ3) is 6.35. The van der Waals surface area contributed by atoms with Crippen LogP contribution in [0.5, 0.6) is 5.75 Å². The Hall–Kier alpha value is -0.630. The van der Waals surface area contributed by atoms with Crippen LogP contribution in [0.2, 0.25) is 0 Å². The third-order valence-corrected chi connectivity index (χ3v) is 5.74. The number of aliphatic imine (C=N–C) groups is 1. The zero-order valence-electron chi connectivity index (χ0n) is 15.1. The van der Waals surface area contributed by atoms with E-state index in [4.69, 9.17) is 4.74 Å². The average molecular weight is 463 g/mol. The quantitative estimate of drug-likeness (QED) is 0.412. The Balaban J connectivity index is 0.00000288. The summed E-state index contributed by atoms with van der Waals surface area (Å²) in [4.78, 5) is 6.86. The van der Waals surface area contributed by atoms with Gasteiger partial charge in [-0.15, -0.1) is 24.0 Å². The first kappa shape index (κ1) is 21.4. The van der Waals surface area contributed by atoms with Gasteiger partial charge in [-0.3, -0.25) is 4.99 Å². The van der Waals surface area contributed by atoms with Crippen LogP contribution >= 0.6 is 35.7 Å². The number of guanidine groups is 1. The average Bonchev–Trinajstić information content (AvgIpc) is 2.59. The van der Waals surface area contributed by atoms with E-state index >= 15 is 0 Å². The fourth-order valence-corrected chi connectivity index (χ4v) is 4.01. The van der Waals surface area contributed by atoms with Crippen molar-refractivity contribution >= 4 is 41.7 Å². The Morgan fingerprint density at radius 2 is 2.08 bits per heavy atom. The molecule has 0 spiro atoms. The summed E-state index contributed by atoms with van der Waals surface area (Å²) >= 11 is 2.09. The van der Waals surface area contributed by atoms with Gasteiger partial charge in [0.15, 0.2) is 5.96 Å². The summed E-state index contributed by atoms with van der Waals surface area (Å²) in [6.45, 7) is 7.68. The van der Waals surface area contributed by atoms with Crippen molar-refractivity contribution in [1.82, 2.24) is 10.2 Å². The van der Waals surface area contributed by atoms with Gasteiger partial charge in [0.1, 0.15) is 5.75 Å². The van der Waals surface area contributed by atoms with E-state index in [9.17, 15) is 0 Å². The van der Waals surface area contributed by atoms with Crippen molar-refractivity contribution < 1.29 is 4.74 Å². The molecule has 4 nitrogen and oxygen atoms in total. The van der Waals surface area contributed by atoms with E-state index in [2.05, 4.69) is 53.0 Å². The smallest absolute Gasteiger partial charge is 0.193 e. The van der Waals surface area contributed by atoms with Crippen molar-refractivity contribution in [3.8, 4) is 5.75 Å². The number of nitrogens with one attached hydrogen (secondary N) is 1. The number of halogens is 1. The van der Waals surface area contributed by atoms with Crippen LogP contribution in [-0.4, -0.2) is 55.7 Å². The summed E-state index contributed by atoms with van der Waals surface area (Å²) in [7, 11) is 3.57. The molecule has 1 saturated heterocycles. The molecule has 24 heavy (non-hydrogen) atoms. The molecule has 1 aromatic rings. The van der Waals surface area contributed by atoms with E-state index in [1.165, 1.54) is 11.3 Å². The number of rotatable bonds is 5. The molecule has 1 unspecified atom stereocenters. The van der Waals surface area contributed by atoms with Gasteiger partial charge in [-0.25, -0.2) is 0 Å². The first-order valence-corrected chi connectivity index (χ1v) is 9.39. The van der Waals surface area contributed by atoms with Gasteiger partial charge in [0.2, 0.25) is 0 Å². The largest absolute Gasteiger partial charge is 0.497 e. The number of benzene rings is 1. The highest BCUT2D eigenvalue weighted by molar-refractivity contribution is 14.0. The zero-order chi connectivity index (χ0) is 16.7. The standard InChI is InChI=1S/C18H29N3OS.HI/c1-14(2)17-13-21(11-12-23-17)18(19-3)20-10-9-15-5-7-16(22-4)8-6-15;/h5-8,14,17H,9-13H2,1-4H3,(H,19,20);1H. The van der Waals surface area contributed by atoms with E-state index in [0.717, 1.165) is 37.8 Å². The molecule has 0 radical (unpaired) electrons. The summed E-state index contributed by atoms with van der Waals surface area (Å²) in [5.41, 5.74) is 1.31. The first-order chi connectivity index (χ1) is 11.1.